The van der Waals surface area contributed by atoms with E-state index in [1.807, 2.05) is 17.6 Å². The highest BCUT2D eigenvalue weighted by atomic mass is 19.4. The van der Waals surface area contributed by atoms with Gasteiger partial charge in [-0.15, -0.1) is 10.2 Å². The van der Waals surface area contributed by atoms with Gasteiger partial charge < -0.3 is 9.88 Å². The Kier molecular flexibility index (Phi) is 4.74. The molecule has 0 atom stereocenters. The van der Waals surface area contributed by atoms with Gasteiger partial charge >= 0.3 is 6.18 Å². The molecule has 3 aromatic rings. The monoisotopic (exact) mass is 364 g/mol. The van der Waals surface area contributed by atoms with Gasteiger partial charge in [-0.25, -0.2) is 0 Å². The van der Waals surface area contributed by atoms with Crippen molar-refractivity contribution in [2.24, 2.45) is 0 Å². The molecular formula is C16H15F3N6O. The van der Waals surface area contributed by atoms with Gasteiger partial charge in [-0.05, 0) is 25.1 Å². The average Bonchev–Trinajstić information content (AvgIpc) is 3.23. The number of alkyl halides is 3. The summed E-state index contributed by atoms with van der Waals surface area (Å²) in [5.74, 6) is 0.168. The van der Waals surface area contributed by atoms with Crippen molar-refractivity contribution in [1.29, 1.82) is 0 Å². The molecule has 1 N–H and O–H groups in total. The van der Waals surface area contributed by atoms with Gasteiger partial charge in [0.25, 0.3) is 0 Å². The Hall–Kier alpha value is -3.17. The van der Waals surface area contributed by atoms with Gasteiger partial charge in [0.05, 0.1) is 0 Å². The van der Waals surface area contributed by atoms with Crippen LogP contribution in [0.3, 0.4) is 0 Å². The Morgan fingerprint density at radius 2 is 2.08 bits per heavy atom. The Morgan fingerprint density at radius 1 is 1.27 bits per heavy atom. The van der Waals surface area contributed by atoms with Crippen molar-refractivity contribution in [3.05, 3.63) is 48.5 Å². The number of nitrogens with one attached hydrogen (secondary N) is 1. The Morgan fingerprint density at radius 3 is 2.77 bits per heavy atom. The second-order valence-corrected chi connectivity index (χ2v) is 5.47. The van der Waals surface area contributed by atoms with Crippen molar-refractivity contribution in [2.45, 2.75) is 26.2 Å². The first-order valence-electron chi connectivity index (χ1n) is 7.75. The molecule has 0 fully saturated rings. The summed E-state index contributed by atoms with van der Waals surface area (Å²) in [6, 6.07) is 7.80. The van der Waals surface area contributed by atoms with Crippen molar-refractivity contribution < 1.29 is 18.0 Å². The summed E-state index contributed by atoms with van der Waals surface area (Å²) in [6.45, 7) is 2.32. The zero-order valence-corrected chi connectivity index (χ0v) is 13.7. The minimum absolute atomic E-state index is 0.328. The van der Waals surface area contributed by atoms with Crippen LogP contribution in [0.5, 0.6) is 0 Å². The maximum atomic E-state index is 12.5. The van der Waals surface area contributed by atoms with E-state index in [4.69, 9.17) is 0 Å². The number of hydrogen-bond donors (Lipinski definition) is 1. The fraction of sp³-hybridized carbons (Fsp3) is 0.250. The summed E-state index contributed by atoms with van der Waals surface area (Å²) in [5.41, 5.74) is 0.230. The van der Waals surface area contributed by atoms with E-state index in [1.54, 1.807) is 24.5 Å². The molecule has 2 heterocycles. The first-order chi connectivity index (χ1) is 12.4. The molecule has 0 aliphatic heterocycles. The molecule has 0 spiro atoms. The second kappa shape index (κ2) is 6.98. The molecular weight excluding hydrogens is 349 g/mol. The van der Waals surface area contributed by atoms with Crippen LogP contribution >= 0.6 is 0 Å². The van der Waals surface area contributed by atoms with Crippen LogP contribution in [0, 0.1) is 0 Å². The van der Waals surface area contributed by atoms with Gasteiger partial charge in [0.1, 0.15) is 12.9 Å². The van der Waals surface area contributed by atoms with Gasteiger partial charge in [-0.3, -0.25) is 9.48 Å². The molecule has 136 valence electrons. The average molecular weight is 364 g/mol. The summed E-state index contributed by atoms with van der Waals surface area (Å²) in [5, 5.41) is 13.9. The molecule has 26 heavy (non-hydrogen) atoms. The molecule has 3 rings (SSSR count). The standard InChI is InChI=1S/C16H15F3N6O/c1-2-24-10-20-22-15(24)11-4-3-5-12(8-11)21-14(26)9-25-7-6-13(23-25)16(17,18)19/h3-8,10H,2,9H2,1H3,(H,21,26). The van der Waals surface area contributed by atoms with Gasteiger partial charge in [0.2, 0.25) is 5.91 Å². The maximum absolute atomic E-state index is 12.5. The molecule has 0 radical (unpaired) electrons. The highest BCUT2D eigenvalue weighted by Gasteiger charge is 2.33. The van der Waals surface area contributed by atoms with Gasteiger partial charge in [-0.1, -0.05) is 12.1 Å². The second-order valence-electron chi connectivity index (χ2n) is 5.47. The molecule has 1 amide bonds. The molecule has 0 bridgehead atoms. The molecule has 0 saturated heterocycles. The molecule has 0 unspecified atom stereocenters. The van der Waals surface area contributed by atoms with Crippen LogP contribution in [-0.4, -0.2) is 30.5 Å². The summed E-state index contributed by atoms with van der Waals surface area (Å²) < 4.78 is 40.4. The van der Waals surface area contributed by atoms with Crippen LogP contribution < -0.4 is 5.32 Å². The minimum Gasteiger partial charge on any atom is -0.324 e. The fourth-order valence-electron chi connectivity index (χ4n) is 2.39. The topological polar surface area (TPSA) is 77.6 Å². The minimum atomic E-state index is -4.54. The van der Waals surface area contributed by atoms with Crippen LogP contribution in [0.4, 0.5) is 18.9 Å². The third kappa shape index (κ3) is 3.90. The first-order valence-corrected chi connectivity index (χ1v) is 7.75. The lowest BCUT2D eigenvalue weighted by molar-refractivity contribution is -0.141. The smallest absolute Gasteiger partial charge is 0.324 e. The predicted molar refractivity (Wildman–Crippen MR) is 87.0 cm³/mol. The Labute approximate surface area is 146 Å². The number of carbonyl (C=O) groups excluding carboxylic acids is 1. The Bertz CT molecular complexity index is 915. The lowest BCUT2D eigenvalue weighted by Crippen LogP contribution is -2.19. The SMILES string of the molecule is CCn1cnnc1-c1cccc(NC(=O)Cn2ccc(C(F)(F)F)n2)c1. The molecule has 0 aliphatic rings. The van der Waals surface area contributed by atoms with Crippen molar-refractivity contribution >= 4 is 11.6 Å². The molecule has 10 heteroatoms. The zero-order valence-electron chi connectivity index (χ0n) is 13.7. The Balaban J connectivity index is 1.70. The van der Waals surface area contributed by atoms with Gasteiger partial charge in [0, 0.05) is 24.0 Å². The van der Waals surface area contributed by atoms with E-state index >= 15 is 0 Å². The maximum Gasteiger partial charge on any atom is 0.435 e. The van der Waals surface area contributed by atoms with Crippen LogP contribution in [0.1, 0.15) is 12.6 Å². The van der Waals surface area contributed by atoms with Crippen LogP contribution in [0.15, 0.2) is 42.9 Å². The van der Waals surface area contributed by atoms with Crippen LogP contribution in [0.2, 0.25) is 0 Å². The van der Waals surface area contributed by atoms with E-state index < -0.39 is 17.8 Å². The number of nitrogens with zero attached hydrogens (tertiary/aromatic N) is 5. The van der Waals surface area contributed by atoms with E-state index in [0.717, 1.165) is 22.5 Å². The summed E-state index contributed by atoms with van der Waals surface area (Å²) >= 11 is 0. The lowest BCUT2D eigenvalue weighted by atomic mass is 10.2. The van der Waals surface area contributed by atoms with E-state index in [9.17, 15) is 18.0 Å². The van der Waals surface area contributed by atoms with E-state index in [-0.39, 0.29) is 6.54 Å². The van der Waals surface area contributed by atoms with Crippen molar-refractivity contribution in [3.8, 4) is 11.4 Å². The quantitative estimate of drug-likeness (QED) is 0.755. The normalized spacial score (nSPS) is 11.5. The van der Waals surface area contributed by atoms with E-state index in [0.29, 0.717) is 18.1 Å². The number of aromatic nitrogens is 5. The fourth-order valence-corrected chi connectivity index (χ4v) is 2.39. The van der Waals surface area contributed by atoms with Crippen molar-refractivity contribution in [1.82, 2.24) is 24.5 Å². The number of anilines is 1. The third-order valence-electron chi connectivity index (χ3n) is 3.60. The molecule has 0 saturated carbocycles. The van der Waals surface area contributed by atoms with Crippen LogP contribution in [-0.2, 0) is 24.1 Å². The highest BCUT2D eigenvalue weighted by Crippen LogP contribution is 2.27. The van der Waals surface area contributed by atoms with Crippen molar-refractivity contribution in [2.75, 3.05) is 5.32 Å². The number of hydrogen-bond acceptors (Lipinski definition) is 4. The van der Waals surface area contributed by atoms with E-state index in [2.05, 4.69) is 20.6 Å². The predicted octanol–water partition coefficient (Wildman–Crippen LogP) is 2.82. The molecule has 1 aromatic carbocycles. The molecule has 0 aliphatic carbocycles. The number of rotatable bonds is 5. The van der Waals surface area contributed by atoms with E-state index in [1.165, 1.54) is 0 Å². The lowest BCUT2D eigenvalue weighted by Gasteiger charge is -2.08. The largest absolute Gasteiger partial charge is 0.435 e. The van der Waals surface area contributed by atoms with Crippen molar-refractivity contribution in [3.63, 3.8) is 0 Å². The number of benzene rings is 1. The number of halogens is 3. The summed E-state index contributed by atoms with van der Waals surface area (Å²) in [7, 11) is 0. The number of amides is 1. The first kappa shape index (κ1) is 17.6. The number of carbonyl (C=O) groups is 1. The number of aryl methyl sites for hydroxylation is 1. The van der Waals surface area contributed by atoms with Gasteiger partial charge in [-0.2, -0.15) is 18.3 Å². The zero-order chi connectivity index (χ0) is 18.7. The third-order valence-corrected chi connectivity index (χ3v) is 3.60. The summed E-state index contributed by atoms with van der Waals surface area (Å²) in [6.07, 6.45) is -1.82. The van der Waals surface area contributed by atoms with Gasteiger partial charge in [0.15, 0.2) is 11.5 Å². The molecule has 7 nitrogen and oxygen atoms in total. The molecule has 2 aromatic heterocycles. The summed E-state index contributed by atoms with van der Waals surface area (Å²) in [4.78, 5) is 12.1. The highest BCUT2D eigenvalue weighted by molar-refractivity contribution is 5.91. The van der Waals surface area contributed by atoms with Crippen LogP contribution in [0.25, 0.3) is 11.4 Å².